The maximum atomic E-state index is 12.2. The molecular weight excluding hydrogens is 360 g/mol. The van der Waals surface area contributed by atoms with Gasteiger partial charge in [-0.05, 0) is 53.8 Å². The van der Waals surface area contributed by atoms with Crippen molar-refractivity contribution < 1.29 is 19.0 Å². The summed E-state index contributed by atoms with van der Waals surface area (Å²) in [7, 11) is 4.67. The third-order valence-electron chi connectivity index (χ3n) is 4.94. The Kier molecular flexibility index (Phi) is 5.44. The first-order chi connectivity index (χ1) is 13.4. The molecule has 0 unspecified atom stereocenters. The van der Waals surface area contributed by atoms with Gasteiger partial charge in [0.15, 0.2) is 11.5 Å². The van der Waals surface area contributed by atoms with Gasteiger partial charge in [-0.15, -0.1) is 0 Å². The van der Waals surface area contributed by atoms with E-state index in [4.69, 9.17) is 19.9 Å². The Morgan fingerprint density at radius 1 is 1.11 bits per heavy atom. The molecule has 0 saturated heterocycles. The number of benzene rings is 1. The van der Waals surface area contributed by atoms with Gasteiger partial charge in [0.25, 0.3) is 0 Å². The highest BCUT2D eigenvalue weighted by molar-refractivity contribution is 5.83. The summed E-state index contributed by atoms with van der Waals surface area (Å²) in [5.41, 5.74) is 9.10. The zero-order valence-electron chi connectivity index (χ0n) is 16.4. The van der Waals surface area contributed by atoms with Crippen LogP contribution in [0.4, 0.5) is 5.69 Å². The SMILES string of the molecule is COc1cc2c(c(OC)c1OC)-c1ccc(=O)c(N)cc1[C@@H](NC(C)=O)CC2. The van der Waals surface area contributed by atoms with Crippen molar-refractivity contribution in [2.24, 2.45) is 0 Å². The Hall–Kier alpha value is -3.22. The molecule has 2 aromatic carbocycles. The highest BCUT2D eigenvalue weighted by Crippen LogP contribution is 2.50. The summed E-state index contributed by atoms with van der Waals surface area (Å²) in [6, 6.07) is 6.41. The summed E-state index contributed by atoms with van der Waals surface area (Å²) in [4.78, 5) is 24.0. The number of anilines is 1. The van der Waals surface area contributed by atoms with Gasteiger partial charge in [0.05, 0.1) is 33.1 Å². The van der Waals surface area contributed by atoms with E-state index in [1.807, 2.05) is 6.07 Å². The van der Waals surface area contributed by atoms with Gasteiger partial charge in [-0.25, -0.2) is 0 Å². The highest BCUT2D eigenvalue weighted by Gasteiger charge is 2.29. The summed E-state index contributed by atoms with van der Waals surface area (Å²) < 4.78 is 16.7. The number of nitrogen functional groups attached to an aromatic ring is 1. The second-order valence-corrected chi connectivity index (χ2v) is 6.64. The molecule has 1 amide bonds. The number of hydrogen-bond donors (Lipinski definition) is 2. The maximum Gasteiger partial charge on any atom is 0.217 e. The number of hydrogen-bond acceptors (Lipinski definition) is 6. The molecule has 148 valence electrons. The van der Waals surface area contributed by atoms with Crippen molar-refractivity contribution in [1.29, 1.82) is 0 Å². The number of fused-ring (bicyclic) bond motifs is 3. The van der Waals surface area contributed by atoms with Crippen molar-refractivity contribution in [2.75, 3.05) is 27.1 Å². The van der Waals surface area contributed by atoms with Crippen LogP contribution in [0.1, 0.15) is 30.5 Å². The number of amides is 1. The normalized spacial score (nSPS) is 14.9. The fraction of sp³-hybridized carbons (Fsp3) is 0.333. The van der Waals surface area contributed by atoms with E-state index in [2.05, 4.69) is 5.32 Å². The van der Waals surface area contributed by atoms with Crippen LogP contribution in [0.5, 0.6) is 17.2 Å². The van der Waals surface area contributed by atoms with E-state index in [0.717, 1.165) is 22.3 Å². The van der Waals surface area contributed by atoms with Gasteiger partial charge in [-0.3, -0.25) is 9.59 Å². The minimum absolute atomic E-state index is 0.125. The smallest absolute Gasteiger partial charge is 0.217 e. The van der Waals surface area contributed by atoms with Crippen molar-refractivity contribution in [3.63, 3.8) is 0 Å². The summed E-state index contributed by atoms with van der Waals surface area (Å²) in [5.74, 6) is 1.38. The molecule has 0 fully saturated rings. The van der Waals surface area contributed by atoms with Crippen LogP contribution in [0.2, 0.25) is 0 Å². The van der Waals surface area contributed by atoms with Gasteiger partial charge in [0.1, 0.15) is 0 Å². The maximum absolute atomic E-state index is 12.2. The molecule has 1 atom stereocenters. The van der Waals surface area contributed by atoms with Crippen LogP contribution in [-0.2, 0) is 11.2 Å². The van der Waals surface area contributed by atoms with Gasteiger partial charge >= 0.3 is 0 Å². The quantitative estimate of drug-likeness (QED) is 0.840. The molecule has 0 heterocycles. The summed E-state index contributed by atoms with van der Waals surface area (Å²) >= 11 is 0. The Labute approximate surface area is 163 Å². The van der Waals surface area contributed by atoms with E-state index in [0.29, 0.717) is 30.1 Å². The predicted molar refractivity (Wildman–Crippen MR) is 107 cm³/mol. The third kappa shape index (κ3) is 3.35. The number of aryl methyl sites for hydroxylation is 1. The Morgan fingerprint density at radius 3 is 2.43 bits per heavy atom. The molecule has 0 bridgehead atoms. The summed E-state index contributed by atoms with van der Waals surface area (Å²) in [6.45, 7) is 1.47. The number of rotatable bonds is 4. The number of carbonyl (C=O) groups excluding carboxylic acids is 1. The minimum atomic E-state index is -0.296. The van der Waals surface area contributed by atoms with E-state index in [1.165, 1.54) is 13.0 Å². The van der Waals surface area contributed by atoms with Gasteiger partial charge in [-0.2, -0.15) is 0 Å². The first-order valence-corrected chi connectivity index (χ1v) is 8.94. The van der Waals surface area contributed by atoms with Crippen molar-refractivity contribution in [3.05, 3.63) is 45.6 Å². The summed E-state index contributed by atoms with van der Waals surface area (Å²) in [5, 5.41) is 2.97. The van der Waals surface area contributed by atoms with Crippen LogP contribution >= 0.6 is 0 Å². The van der Waals surface area contributed by atoms with E-state index in [9.17, 15) is 9.59 Å². The van der Waals surface area contributed by atoms with Gasteiger partial charge in [0, 0.05) is 12.5 Å². The molecule has 0 aliphatic heterocycles. The Morgan fingerprint density at radius 2 is 1.82 bits per heavy atom. The molecule has 3 N–H and O–H groups in total. The predicted octanol–water partition coefficient (Wildman–Crippen LogP) is 2.45. The minimum Gasteiger partial charge on any atom is -0.493 e. The molecule has 0 radical (unpaired) electrons. The molecule has 2 aromatic rings. The fourth-order valence-corrected chi connectivity index (χ4v) is 3.73. The van der Waals surface area contributed by atoms with E-state index in [1.54, 1.807) is 33.5 Å². The molecular formula is C21H24N2O5. The zero-order valence-corrected chi connectivity index (χ0v) is 16.4. The molecule has 28 heavy (non-hydrogen) atoms. The van der Waals surface area contributed by atoms with Crippen molar-refractivity contribution >= 4 is 11.6 Å². The number of methoxy groups -OCH3 is 3. The molecule has 0 aromatic heterocycles. The Bertz CT molecular complexity index is 987. The van der Waals surface area contributed by atoms with E-state index < -0.39 is 0 Å². The van der Waals surface area contributed by atoms with Crippen LogP contribution in [-0.4, -0.2) is 27.2 Å². The molecule has 3 rings (SSSR count). The summed E-state index contributed by atoms with van der Waals surface area (Å²) in [6.07, 6.45) is 1.30. The topological polar surface area (TPSA) is 99.9 Å². The lowest BCUT2D eigenvalue weighted by atomic mass is 9.95. The third-order valence-corrected chi connectivity index (χ3v) is 4.94. The van der Waals surface area contributed by atoms with Crippen LogP contribution in [0.3, 0.4) is 0 Å². The van der Waals surface area contributed by atoms with Crippen LogP contribution in [0.15, 0.2) is 29.1 Å². The molecule has 7 nitrogen and oxygen atoms in total. The first kappa shape index (κ1) is 19.5. The zero-order chi connectivity index (χ0) is 20.4. The van der Waals surface area contributed by atoms with Crippen molar-refractivity contribution in [2.45, 2.75) is 25.8 Å². The standard InChI is InChI=1S/C21H24N2O5/c1-11(24)23-16-7-5-12-9-18(26-2)20(27-3)21(28-4)19(12)13-6-8-17(25)15(22)10-14(13)16/h6,8-10,16H,5,7H2,1-4H3,(H2,22,25)(H,23,24)/t16-/m0/s1. The average molecular weight is 384 g/mol. The van der Waals surface area contributed by atoms with Crippen LogP contribution < -0.4 is 30.7 Å². The lowest BCUT2D eigenvalue weighted by Crippen LogP contribution is -2.26. The lowest BCUT2D eigenvalue weighted by Gasteiger charge is -2.19. The lowest BCUT2D eigenvalue weighted by molar-refractivity contribution is -0.119. The molecule has 0 saturated carbocycles. The second-order valence-electron chi connectivity index (χ2n) is 6.64. The molecule has 1 aliphatic carbocycles. The van der Waals surface area contributed by atoms with Crippen LogP contribution in [0, 0.1) is 0 Å². The molecule has 1 aliphatic rings. The largest absolute Gasteiger partial charge is 0.493 e. The highest BCUT2D eigenvalue weighted by atomic mass is 16.5. The number of nitrogens with two attached hydrogens (primary N) is 1. The Balaban J connectivity index is 2.41. The molecule has 0 spiro atoms. The second kappa shape index (κ2) is 7.80. The van der Waals surface area contributed by atoms with Crippen molar-refractivity contribution in [1.82, 2.24) is 5.32 Å². The van der Waals surface area contributed by atoms with E-state index >= 15 is 0 Å². The molecule has 7 heteroatoms. The number of carbonyl (C=O) groups is 1. The van der Waals surface area contributed by atoms with Gasteiger partial charge < -0.3 is 25.3 Å². The number of nitrogens with one attached hydrogen (secondary N) is 1. The van der Waals surface area contributed by atoms with Crippen molar-refractivity contribution in [3.8, 4) is 28.4 Å². The first-order valence-electron chi connectivity index (χ1n) is 8.94. The van der Waals surface area contributed by atoms with Gasteiger partial charge in [0.2, 0.25) is 17.1 Å². The van der Waals surface area contributed by atoms with Crippen LogP contribution in [0.25, 0.3) is 11.1 Å². The number of ether oxygens (including phenoxy) is 3. The fourth-order valence-electron chi connectivity index (χ4n) is 3.73. The van der Waals surface area contributed by atoms with E-state index in [-0.39, 0.29) is 23.1 Å². The monoisotopic (exact) mass is 384 g/mol. The van der Waals surface area contributed by atoms with Gasteiger partial charge in [-0.1, -0.05) is 0 Å². The average Bonchev–Trinajstić information content (AvgIpc) is 2.90.